The quantitative estimate of drug-likeness (QED) is 0.674. The molecule has 0 aliphatic heterocycles. The summed E-state index contributed by atoms with van der Waals surface area (Å²) in [7, 11) is 1.73. The van der Waals surface area contributed by atoms with Crippen LogP contribution in [0.4, 0.5) is 0 Å². The number of hydrogen-bond acceptors (Lipinski definition) is 4. The average Bonchev–Trinajstić information content (AvgIpc) is 2.64. The number of carbonyl (C=O) groups is 1. The molecule has 2 rings (SSSR count). The smallest absolute Gasteiger partial charge is 0.214 e. The summed E-state index contributed by atoms with van der Waals surface area (Å²) in [5, 5.41) is 3.95. The van der Waals surface area contributed by atoms with E-state index in [1.165, 1.54) is 17.2 Å². The van der Waals surface area contributed by atoms with E-state index in [4.69, 9.17) is 0 Å². The molecule has 0 saturated carbocycles. The Labute approximate surface area is 86.8 Å². The molecule has 2 aromatic heterocycles. The van der Waals surface area contributed by atoms with Crippen LogP contribution < -0.4 is 0 Å². The molecule has 0 unspecified atom stereocenters. The number of hydrogen-bond donors (Lipinski definition) is 0. The minimum absolute atomic E-state index is 0.104. The van der Waals surface area contributed by atoms with Crippen LogP contribution in [0.3, 0.4) is 0 Å². The lowest BCUT2D eigenvalue weighted by molar-refractivity contribution is 0.102. The van der Waals surface area contributed by atoms with E-state index in [-0.39, 0.29) is 5.78 Å². The third-order valence-electron chi connectivity index (χ3n) is 2.21. The fraction of sp³-hybridized carbons (Fsp3) is 0.200. The van der Waals surface area contributed by atoms with Gasteiger partial charge in [0.2, 0.25) is 5.78 Å². The Morgan fingerprint density at radius 3 is 2.87 bits per heavy atom. The van der Waals surface area contributed by atoms with E-state index in [9.17, 15) is 4.79 Å². The molecule has 0 radical (unpaired) electrons. The first-order valence-electron chi connectivity index (χ1n) is 4.49. The highest BCUT2D eigenvalue weighted by molar-refractivity contribution is 6.08. The van der Waals surface area contributed by atoms with Gasteiger partial charge in [0.1, 0.15) is 12.0 Å². The molecule has 0 amide bonds. The van der Waals surface area contributed by atoms with Gasteiger partial charge in [-0.15, -0.1) is 0 Å². The van der Waals surface area contributed by atoms with Gasteiger partial charge in [0, 0.05) is 19.4 Å². The van der Waals surface area contributed by atoms with E-state index >= 15 is 0 Å². The van der Waals surface area contributed by atoms with Crippen molar-refractivity contribution < 1.29 is 4.79 Å². The van der Waals surface area contributed by atoms with Crippen molar-refractivity contribution in [1.82, 2.24) is 19.7 Å². The van der Waals surface area contributed by atoms with Gasteiger partial charge in [-0.1, -0.05) is 0 Å². The predicted molar refractivity (Wildman–Crippen MR) is 53.4 cm³/mol. The molecule has 0 saturated heterocycles. The number of ketones is 1. The summed E-state index contributed by atoms with van der Waals surface area (Å²) >= 11 is 0. The number of aryl methyl sites for hydroxylation is 2. The van der Waals surface area contributed by atoms with Gasteiger partial charge in [-0.25, -0.2) is 9.97 Å². The van der Waals surface area contributed by atoms with Gasteiger partial charge in [0.25, 0.3) is 0 Å². The van der Waals surface area contributed by atoms with Crippen LogP contribution in [0.2, 0.25) is 0 Å². The third kappa shape index (κ3) is 1.63. The summed E-state index contributed by atoms with van der Waals surface area (Å²) in [4.78, 5) is 19.8. The zero-order chi connectivity index (χ0) is 10.8. The maximum atomic E-state index is 12.0. The van der Waals surface area contributed by atoms with E-state index < -0.39 is 0 Å². The fourth-order valence-corrected chi connectivity index (χ4v) is 1.35. The molecule has 0 aromatic carbocycles. The molecule has 0 fully saturated rings. The van der Waals surface area contributed by atoms with Crippen LogP contribution in [0.5, 0.6) is 0 Å². The Morgan fingerprint density at radius 2 is 2.27 bits per heavy atom. The molecule has 15 heavy (non-hydrogen) atoms. The van der Waals surface area contributed by atoms with Crippen LogP contribution >= 0.6 is 0 Å². The van der Waals surface area contributed by atoms with E-state index in [1.54, 1.807) is 26.2 Å². The molecular weight excluding hydrogens is 192 g/mol. The summed E-state index contributed by atoms with van der Waals surface area (Å²) in [5.74, 6) is -0.104. The second-order valence-corrected chi connectivity index (χ2v) is 3.19. The van der Waals surface area contributed by atoms with Crippen LogP contribution in [0.15, 0.2) is 24.8 Å². The molecule has 0 aliphatic rings. The second kappa shape index (κ2) is 3.61. The lowest BCUT2D eigenvalue weighted by Gasteiger charge is -2.02. The molecule has 5 nitrogen and oxygen atoms in total. The van der Waals surface area contributed by atoms with Crippen molar-refractivity contribution in [3.63, 3.8) is 0 Å². The SMILES string of the molecule is Cc1ncncc1C(=O)c1ccnn1C. The van der Waals surface area contributed by atoms with Crippen LogP contribution in [0, 0.1) is 6.92 Å². The normalized spacial score (nSPS) is 10.3. The lowest BCUT2D eigenvalue weighted by Crippen LogP contribution is -2.10. The van der Waals surface area contributed by atoms with Crippen molar-refractivity contribution in [2.24, 2.45) is 7.05 Å². The van der Waals surface area contributed by atoms with Gasteiger partial charge in [0.15, 0.2) is 0 Å². The van der Waals surface area contributed by atoms with Crippen LogP contribution in [-0.2, 0) is 7.05 Å². The molecule has 0 spiro atoms. The minimum atomic E-state index is -0.104. The minimum Gasteiger partial charge on any atom is -0.287 e. The topological polar surface area (TPSA) is 60.7 Å². The van der Waals surface area contributed by atoms with Gasteiger partial charge in [0.05, 0.1) is 11.3 Å². The molecule has 5 heteroatoms. The Bertz CT molecular complexity index is 504. The van der Waals surface area contributed by atoms with Gasteiger partial charge in [-0.2, -0.15) is 5.10 Å². The number of carbonyl (C=O) groups excluding carboxylic acids is 1. The van der Waals surface area contributed by atoms with Gasteiger partial charge in [-0.3, -0.25) is 9.48 Å². The molecule has 0 bridgehead atoms. The molecule has 0 aliphatic carbocycles. The lowest BCUT2D eigenvalue weighted by atomic mass is 10.1. The zero-order valence-electron chi connectivity index (χ0n) is 8.51. The standard InChI is InChI=1S/C10H10N4O/c1-7-8(5-11-6-12-7)10(15)9-3-4-13-14(9)2/h3-6H,1-2H3. The van der Waals surface area contributed by atoms with Crippen LogP contribution in [-0.4, -0.2) is 25.5 Å². The summed E-state index contributed by atoms with van der Waals surface area (Å²) < 4.78 is 1.54. The first kappa shape index (κ1) is 9.51. The molecule has 2 heterocycles. The van der Waals surface area contributed by atoms with Crippen molar-refractivity contribution in [3.8, 4) is 0 Å². The number of nitrogens with zero attached hydrogens (tertiary/aromatic N) is 4. The molecule has 0 atom stereocenters. The van der Waals surface area contributed by atoms with Gasteiger partial charge >= 0.3 is 0 Å². The van der Waals surface area contributed by atoms with Crippen LogP contribution in [0.1, 0.15) is 21.7 Å². The largest absolute Gasteiger partial charge is 0.287 e. The van der Waals surface area contributed by atoms with Crippen LogP contribution in [0.25, 0.3) is 0 Å². The Morgan fingerprint density at radius 1 is 1.47 bits per heavy atom. The highest BCUT2D eigenvalue weighted by atomic mass is 16.1. The Hall–Kier alpha value is -2.04. The van der Waals surface area contributed by atoms with Crippen molar-refractivity contribution >= 4 is 5.78 Å². The fourth-order valence-electron chi connectivity index (χ4n) is 1.35. The second-order valence-electron chi connectivity index (χ2n) is 3.19. The van der Waals surface area contributed by atoms with Gasteiger partial charge in [-0.05, 0) is 13.0 Å². The maximum absolute atomic E-state index is 12.0. The maximum Gasteiger partial charge on any atom is 0.214 e. The first-order chi connectivity index (χ1) is 7.20. The Balaban J connectivity index is 2.46. The first-order valence-corrected chi connectivity index (χ1v) is 4.49. The highest BCUT2D eigenvalue weighted by Gasteiger charge is 2.15. The number of aromatic nitrogens is 4. The predicted octanol–water partition coefficient (Wildman–Crippen LogP) is 0.750. The zero-order valence-corrected chi connectivity index (χ0v) is 8.51. The van der Waals surface area contributed by atoms with E-state index in [1.807, 2.05) is 0 Å². The van der Waals surface area contributed by atoms with Crippen molar-refractivity contribution in [2.75, 3.05) is 0 Å². The van der Waals surface area contributed by atoms with E-state index in [0.717, 1.165) is 0 Å². The van der Waals surface area contributed by atoms with E-state index in [2.05, 4.69) is 15.1 Å². The van der Waals surface area contributed by atoms with E-state index in [0.29, 0.717) is 17.0 Å². The number of rotatable bonds is 2. The monoisotopic (exact) mass is 202 g/mol. The summed E-state index contributed by atoms with van der Waals surface area (Å²) in [5.41, 5.74) is 1.73. The molecule has 0 N–H and O–H groups in total. The summed E-state index contributed by atoms with van der Waals surface area (Å²) in [6.45, 7) is 1.78. The highest BCUT2D eigenvalue weighted by Crippen LogP contribution is 2.09. The van der Waals surface area contributed by atoms with Gasteiger partial charge < -0.3 is 0 Å². The third-order valence-corrected chi connectivity index (χ3v) is 2.21. The Kier molecular flexibility index (Phi) is 2.29. The summed E-state index contributed by atoms with van der Waals surface area (Å²) in [6.07, 6.45) is 4.54. The molecule has 2 aromatic rings. The van der Waals surface area contributed by atoms with Crippen molar-refractivity contribution in [2.45, 2.75) is 6.92 Å². The molecule has 76 valence electrons. The average molecular weight is 202 g/mol. The van der Waals surface area contributed by atoms with Crippen molar-refractivity contribution in [1.29, 1.82) is 0 Å². The van der Waals surface area contributed by atoms with Crippen molar-refractivity contribution in [3.05, 3.63) is 41.7 Å². The molecular formula is C10H10N4O. The summed E-state index contributed by atoms with van der Waals surface area (Å²) in [6, 6.07) is 1.68.